The van der Waals surface area contributed by atoms with Gasteiger partial charge in [0.2, 0.25) is 0 Å². The quantitative estimate of drug-likeness (QED) is 0.664. The van der Waals surface area contributed by atoms with Gasteiger partial charge in [-0.2, -0.15) is 0 Å². The van der Waals surface area contributed by atoms with E-state index >= 15 is 0 Å². The number of aromatic nitrogens is 1. The van der Waals surface area contributed by atoms with E-state index in [-0.39, 0.29) is 0 Å². The molecule has 0 unspecified atom stereocenters. The van der Waals surface area contributed by atoms with E-state index in [0.717, 1.165) is 12.1 Å². The van der Waals surface area contributed by atoms with Gasteiger partial charge >= 0.3 is 0 Å². The van der Waals surface area contributed by atoms with Crippen LogP contribution in [0.5, 0.6) is 0 Å². The van der Waals surface area contributed by atoms with Gasteiger partial charge in [-0.25, -0.2) is 0 Å². The summed E-state index contributed by atoms with van der Waals surface area (Å²) in [5.41, 5.74) is 3.55. The van der Waals surface area contributed by atoms with Crippen LogP contribution in [0.1, 0.15) is 38.4 Å². The minimum Gasteiger partial charge on any atom is -0.256 e. The fourth-order valence-electron chi connectivity index (χ4n) is 1.33. The van der Waals surface area contributed by atoms with Crippen molar-refractivity contribution in [2.45, 2.75) is 34.1 Å². The van der Waals surface area contributed by atoms with Crippen molar-refractivity contribution < 1.29 is 0 Å². The molecule has 0 aromatic carbocycles. The van der Waals surface area contributed by atoms with Crippen molar-refractivity contribution in [2.75, 3.05) is 0 Å². The van der Waals surface area contributed by atoms with Crippen molar-refractivity contribution in [3.63, 3.8) is 0 Å². The number of nitrogens with zero attached hydrogens (tertiary/aromatic N) is 1. The van der Waals surface area contributed by atoms with Crippen molar-refractivity contribution in [3.8, 4) is 0 Å². The highest BCUT2D eigenvalue weighted by Crippen LogP contribution is 2.18. The van der Waals surface area contributed by atoms with Gasteiger partial charge < -0.3 is 0 Å². The zero-order valence-corrected chi connectivity index (χ0v) is 10.2. The van der Waals surface area contributed by atoms with E-state index in [2.05, 4.69) is 31.5 Å². The summed E-state index contributed by atoms with van der Waals surface area (Å²) in [5, 5.41) is 0. The van der Waals surface area contributed by atoms with Gasteiger partial charge in [0.15, 0.2) is 0 Å². The van der Waals surface area contributed by atoms with Gasteiger partial charge in [0, 0.05) is 6.20 Å². The van der Waals surface area contributed by atoms with Crippen LogP contribution in [0.3, 0.4) is 0 Å². The van der Waals surface area contributed by atoms with E-state index in [1.165, 1.54) is 11.1 Å². The lowest BCUT2D eigenvalue weighted by Crippen LogP contribution is -1.91. The molecule has 0 radical (unpaired) electrons. The van der Waals surface area contributed by atoms with Crippen LogP contribution in [0.2, 0.25) is 0 Å². The molecular weight excluding hydrogens is 182 g/mol. The van der Waals surface area contributed by atoms with Crippen molar-refractivity contribution in [3.05, 3.63) is 48.3 Å². The predicted molar refractivity (Wildman–Crippen MR) is 68.8 cm³/mol. The summed E-state index contributed by atoms with van der Waals surface area (Å²) >= 11 is 0. The molecule has 0 aliphatic heterocycles. The number of allylic oxidation sites excluding steroid dienone is 3. The van der Waals surface area contributed by atoms with Crippen molar-refractivity contribution in [1.29, 1.82) is 0 Å². The van der Waals surface area contributed by atoms with E-state index in [0.29, 0.717) is 0 Å². The fourth-order valence-corrected chi connectivity index (χ4v) is 1.33. The molecule has 0 N–H and O–H groups in total. The molecule has 0 amide bonds. The molecular formula is C14H21N. The molecule has 1 aromatic heterocycles. The van der Waals surface area contributed by atoms with Crippen molar-refractivity contribution in [1.82, 2.24) is 4.98 Å². The van der Waals surface area contributed by atoms with E-state index < -0.39 is 0 Å². The third kappa shape index (κ3) is 4.11. The summed E-state index contributed by atoms with van der Waals surface area (Å²) in [6.07, 6.45) is 6.65. The Kier molecular flexibility index (Phi) is 7.25. The van der Waals surface area contributed by atoms with Crippen LogP contribution >= 0.6 is 0 Å². The predicted octanol–water partition coefficient (Wildman–Crippen LogP) is 4.40. The second-order valence-corrected chi connectivity index (χ2v) is 2.95. The van der Waals surface area contributed by atoms with Crippen LogP contribution in [-0.4, -0.2) is 4.98 Å². The van der Waals surface area contributed by atoms with E-state index in [4.69, 9.17) is 0 Å². The Morgan fingerprint density at radius 3 is 2.60 bits per heavy atom. The highest BCUT2D eigenvalue weighted by atomic mass is 14.7. The van der Waals surface area contributed by atoms with Crippen LogP contribution in [0.25, 0.3) is 5.57 Å². The standard InChI is InChI=1S/C12H15N.C2H6/c1-4-7-11(5-2)12-10(3)8-6-9-13-12;1-2/h4,6-9H,1,5H2,2-3H3;1-2H3/b11-7-;. The second kappa shape index (κ2) is 7.98. The van der Waals surface area contributed by atoms with Gasteiger partial charge in [0.25, 0.3) is 0 Å². The number of hydrogen-bond donors (Lipinski definition) is 0. The van der Waals surface area contributed by atoms with Crippen LogP contribution < -0.4 is 0 Å². The molecule has 82 valence electrons. The van der Waals surface area contributed by atoms with Crippen LogP contribution in [0.4, 0.5) is 0 Å². The van der Waals surface area contributed by atoms with Gasteiger partial charge in [-0.3, -0.25) is 4.98 Å². The second-order valence-electron chi connectivity index (χ2n) is 2.95. The van der Waals surface area contributed by atoms with Crippen molar-refractivity contribution >= 4 is 5.57 Å². The first-order valence-corrected chi connectivity index (χ1v) is 5.53. The maximum absolute atomic E-state index is 4.35. The lowest BCUT2D eigenvalue weighted by atomic mass is 10.0. The molecule has 0 spiro atoms. The smallest absolute Gasteiger partial charge is 0.0690 e. The molecule has 0 fully saturated rings. The summed E-state index contributed by atoms with van der Waals surface area (Å²) in [6, 6.07) is 4.04. The molecule has 0 bridgehead atoms. The molecule has 1 heteroatoms. The van der Waals surface area contributed by atoms with Gasteiger partial charge in [-0.15, -0.1) is 0 Å². The maximum atomic E-state index is 4.35. The highest BCUT2D eigenvalue weighted by molar-refractivity contribution is 5.66. The minimum atomic E-state index is 0.990. The topological polar surface area (TPSA) is 12.9 Å². The number of pyridine rings is 1. The Hall–Kier alpha value is -1.37. The van der Waals surface area contributed by atoms with E-state index in [9.17, 15) is 0 Å². The average molecular weight is 203 g/mol. The van der Waals surface area contributed by atoms with Gasteiger partial charge in [0.1, 0.15) is 0 Å². The largest absolute Gasteiger partial charge is 0.256 e. The molecule has 0 aliphatic rings. The number of aryl methyl sites for hydroxylation is 1. The zero-order valence-electron chi connectivity index (χ0n) is 10.2. The zero-order chi connectivity index (χ0) is 11.7. The monoisotopic (exact) mass is 203 g/mol. The molecule has 1 nitrogen and oxygen atoms in total. The van der Waals surface area contributed by atoms with E-state index in [1.807, 2.05) is 38.3 Å². The lowest BCUT2D eigenvalue weighted by Gasteiger charge is -2.05. The Morgan fingerprint density at radius 2 is 2.13 bits per heavy atom. The number of hydrogen-bond acceptors (Lipinski definition) is 1. The van der Waals surface area contributed by atoms with Gasteiger partial charge in [0.05, 0.1) is 5.69 Å². The molecule has 1 aromatic rings. The average Bonchev–Trinajstić information content (AvgIpc) is 2.30. The molecule has 0 atom stereocenters. The van der Waals surface area contributed by atoms with E-state index in [1.54, 1.807) is 0 Å². The molecule has 0 aliphatic carbocycles. The van der Waals surface area contributed by atoms with Crippen LogP contribution in [-0.2, 0) is 0 Å². The van der Waals surface area contributed by atoms with Gasteiger partial charge in [-0.05, 0) is 30.5 Å². The third-order valence-corrected chi connectivity index (χ3v) is 2.01. The Morgan fingerprint density at radius 1 is 1.47 bits per heavy atom. The Bertz CT molecular complexity index is 324. The summed E-state index contributed by atoms with van der Waals surface area (Å²) < 4.78 is 0. The van der Waals surface area contributed by atoms with Gasteiger partial charge in [-0.1, -0.05) is 45.6 Å². The highest BCUT2D eigenvalue weighted by Gasteiger charge is 2.01. The molecule has 1 rings (SSSR count). The first-order chi connectivity index (χ1) is 7.29. The van der Waals surface area contributed by atoms with Crippen LogP contribution in [0.15, 0.2) is 37.1 Å². The third-order valence-electron chi connectivity index (χ3n) is 2.01. The maximum Gasteiger partial charge on any atom is 0.0690 e. The molecule has 0 saturated heterocycles. The SMILES string of the molecule is C=C/C=C(/CC)c1ncccc1C.CC. The van der Waals surface area contributed by atoms with Crippen molar-refractivity contribution in [2.24, 2.45) is 0 Å². The molecule has 15 heavy (non-hydrogen) atoms. The first-order valence-electron chi connectivity index (χ1n) is 5.53. The normalized spacial score (nSPS) is 10.3. The van der Waals surface area contributed by atoms with Crippen LogP contribution in [0, 0.1) is 6.92 Å². The summed E-state index contributed by atoms with van der Waals surface area (Å²) in [4.78, 5) is 4.35. The molecule has 1 heterocycles. The summed E-state index contributed by atoms with van der Waals surface area (Å²) in [5.74, 6) is 0. The first kappa shape index (κ1) is 13.6. The summed E-state index contributed by atoms with van der Waals surface area (Å²) in [6.45, 7) is 11.9. The summed E-state index contributed by atoms with van der Waals surface area (Å²) in [7, 11) is 0. The Balaban J connectivity index is 0.000000921. The molecule has 0 saturated carbocycles. The fraction of sp³-hybridized carbons (Fsp3) is 0.357. The number of rotatable bonds is 3. The lowest BCUT2D eigenvalue weighted by molar-refractivity contribution is 1.15. The minimum absolute atomic E-state index is 0.990. The Labute approximate surface area is 93.6 Å².